The molecule has 1 atom stereocenters. The molecule has 3 fully saturated rings. The smallest absolute Gasteiger partial charge is 0.226 e. The lowest BCUT2D eigenvalue weighted by Gasteiger charge is -2.31. The van der Waals surface area contributed by atoms with E-state index in [4.69, 9.17) is 0 Å². The number of nitrogens with zero attached hydrogens (tertiary/aromatic N) is 1. The molecular weight excluding hydrogens is 212 g/mol. The van der Waals surface area contributed by atoms with Crippen molar-refractivity contribution in [1.82, 2.24) is 10.2 Å². The van der Waals surface area contributed by atoms with Crippen LogP contribution in [0.1, 0.15) is 38.5 Å². The van der Waals surface area contributed by atoms with Crippen LogP contribution in [0.15, 0.2) is 0 Å². The predicted octanol–water partition coefficient (Wildman–Crippen LogP) is 1.63. The number of carbonyl (C=O) groups excluding carboxylic acids is 1. The summed E-state index contributed by atoms with van der Waals surface area (Å²) in [7, 11) is 2.01. The Morgan fingerprint density at radius 3 is 2.65 bits per heavy atom. The molecule has 1 heterocycles. The van der Waals surface area contributed by atoms with Crippen molar-refractivity contribution in [3.05, 3.63) is 0 Å². The van der Waals surface area contributed by atoms with Crippen molar-refractivity contribution >= 4 is 5.91 Å². The number of hydrogen-bond acceptors (Lipinski definition) is 2. The van der Waals surface area contributed by atoms with Crippen molar-refractivity contribution in [1.29, 1.82) is 0 Å². The van der Waals surface area contributed by atoms with Gasteiger partial charge in [-0.15, -0.1) is 0 Å². The largest absolute Gasteiger partial charge is 0.345 e. The lowest BCUT2D eigenvalue weighted by Crippen LogP contribution is -2.38. The van der Waals surface area contributed by atoms with Gasteiger partial charge in [0, 0.05) is 19.5 Å². The fourth-order valence-electron chi connectivity index (χ4n) is 3.59. The molecule has 1 aliphatic heterocycles. The van der Waals surface area contributed by atoms with Gasteiger partial charge in [-0.25, -0.2) is 0 Å². The van der Waals surface area contributed by atoms with E-state index in [0.717, 1.165) is 32.0 Å². The first kappa shape index (κ1) is 11.5. The van der Waals surface area contributed by atoms with E-state index in [1.54, 1.807) is 0 Å². The third-order valence-electron chi connectivity index (χ3n) is 5.22. The van der Waals surface area contributed by atoms with Crippen LogP contribution in [-0.4, -0.2) is 37.5 Å². The maximum atomic E-state index is 12.4. The second-order valence-corrected chi connectivity index (χ2v) is 6.38. The number of piperidine rings is 1. The number of amides is 1. The molecule has 0 aromatic rings. The van der Waals surface area contributed by atoms with Crippen molar-refractivity contribution < 1.29 is 4.79 Å². The van der Waals surface area contributed by atoms with Gasteiger partial charge in [0.05, 0.1) is 0 Å². The minimum absolute atomic E-state index is 0.356. The summed E-state index contributed by atoms with van der Waals surface area (Å²) in [5, 5.41) is 3.39. The summed E-state index contributed by atoms with van der Waals surface area (Å²) in [6, 6.07) is 0. The molecule has 17 heavy (non-hydrogen) atoms. The summed E-state index contributed by atoms with van der Waals surface area (Å²) in [5.41, 5.74) is 0.399. The van der Waals surface area contributed by atoms with E-state index in [2.05, 4.69) is 5.32 Å². The number of rotatable bonds is 3. The lowest BCUT2D eigenvalue weighted by atomic mass is 9.85. The summed E-state index contributed by atoms with van der Waals surface area (Å²) in [6.07, 6.45) is 7.60. The van der Waals surface area contributed by atoms with Crippen LogP contribution in [0.2, 0.25) is 0 Å². The molecule has 1 amide bonds. The van der Waals surface area contributed by atoms with Gasteiger partial charge in [-0.05, 0) is 56.5 Å². The first-order valence-electron chi connectivity index (χ1n) is 7.17. The van der Waals surface area contributed by atoms with Gasteiger partial charge in [-0.1, -0.05) is 6.42 Å². The van der Waals surface area contributed by atoms with Crippen LogP contribution in [0.3, 0.4) is 0 Å². The average Bonchev–Trinajstić information content (AvgIpc) is 2.97. The second-order valence-electron chi connectivity index (χ2n) is 6.38. The zero-order chi connectivity index (χ0) is 11.9. The molecule has 1 N–H and O–H groups in total. The molecule has 0 radical (unpaired) electrons. The van der Waals surface area contributed by atoms with Crippen LogP contribution in [0.25, 0.3) is 0 Å². The summed E-state index contributed by atoms with van der Waals surface area (Å²) < 4.78 is 0. The van der Waals surface area contributed by atoms with Crippen LogP contribution in [0, 0.1) is 17.3 Å². The van der Waals surface area contributed by atoms with Crippen LogP contribution in [-0.2, 0) is 4.79 Å². The number of hydrogen-bond donors (Lipinski definition) is 1. The van der Waals surface area contributed by atoms with Crippen LogP contribution in [0.5, 0.6) is 0 Å². The van der Waals surface area contributed by atoms with E-state index in [9.17, 15) is 4.79 Å². The van der Waals surface area contributed by atoms with Crippen molar-refractivity contribution in [3.8, 4) is 0 Å². The molecule has 3 aliphatic rings. The summed E-state index contributed by atoms with van der Waals surface area (Å²) in [5.74, 6) is 1.58. The average molecular weight is 236 g/mol. The summed E-state index contributed by atoms with van der Waals surface area (Å²) in [6.45, 7) is 3.22. The molecule has 1 saturated heterocycles. The quantitative estimate of drug-likeness (QED) is 0.808. The number of nitrogens with one attached hydrogen (secondary N) is 1. The van der Waals surface area contributed by atoms with E-state index in [1.807, 2.05) is 11.9 Å². The first-order chi connectivity index (χ1) is 8.21. The van der Waals surface area contributed by atoms with Crippen LogP contribution in [0.4, 0.5) is 0 Å². The lowest BCUT2D eigenvalue weighted by molar-refractivity contribution is -0.133. The monoisotopic (exact) mass is 236 g/mol. The molecule has 1 unspecified atom stereocenters. The highest BCUT2D eigenvalue weighted by atomic mass is 16.2. The Balaban J connectivity index is 1.52. The molecular formula is C14H24N2O. The molecule has 0 aromatic heterocycles. The van der Waals surface area contributed by atoms with Crippen molar-refractivity contribution in [2.75, 3.05) is 26.7 Å². The molecule has 96 valence electrons. The Kier molecular flexibility index (Phi) is 2.89. The van der Waals surface area contributed by atoms with Crippen LogP contribution >= 0.6 is 0 Å². The standard InChI is InChI=1S/C14H24N2O/c1-16(10-11-3-2-4-11)13(17)12-9-14(12)5-7-15-8-6-14/h11-12,15H,2-10H2,1H3. The molecule has 3 heteroatoms. The Labute approximate surface area is 104 Å². The third-order valence-corrected chi connectivity index (χ3v) is 5.22. The maximum absolute atomic E-state index is 12.4. The molecule has 3 nitrogen and oxygen atoms in total. The second kappa shape index (κ2) is 4.27. The zero-order valence-corrected chi connectivity index (χ0v) is 10.9. The van der Waals surface area contributed by atoms with E-state index in [0.29, 0.717) is 17.2 Å². The van der Waals surface area contributed by atoms with E-state index in [-0.39, 0.29) is 0 Å². The summed E-state index contributed by atoms with van der Waals surface area (Å²) in [4.78, 5) is 14.4. The Bertz CT molecular complexity index is 305. The SMILES string of the molecule is CN(CC1CCC1)C(=O)C1CC12CCNCC2. The normalized spacial score (nSPS) is 31.0. The molecule has 3 rings (SSSR count). The fourth-order valence-corrected chi connectivity index (χ4v) is 3.59. The van der Waals surface area contributed by atoms with Gasteiger partial charge >= 0.3 is 0 Å². The van der Waals surface area contributed by atoms with Gasteiger partial charge in [0.15, 0.2) is 0 Å². The molecule has 1 spiro atoms. The molecule has 2 aliphatic carbocycles. The minimum Gasteiger partial charge on any atom is -0.345 e. The van der Waals surface area contributed by atoms with Crippen molar-refractivity contribution in [2.24, 2.45) is 17.3 Å². The zero-order valence-electron chi connectivity index (χ0n) is 10.9. The van der Waals surface area contributed by atoms with Crippen LogP contribution < -0.4 is 5.32 Å². The molecule has 0 aromatic carbocycles. The topological polar surface area (TPSA) is 32.3 Å². The van der Waals surface area contributed by atoms with E-state index >= 15 is 0 Å². The first-order valence-corrected chi connectivity index (χ1v) is 7.17. The Morgan fingerprint density at radius 2 is 2.06 bits per heavy atom. The van der Waals surface area contributed by atoms with Gasteiger partial charge in [0.25, 0.3) is 0 Å². The van der Waals surface area contributed by atoms with Gasteiger partial charge in [-0.3, -0.25) is 4.79 Å². The fraction of sp³-hybridized carbons (Fsp3) is 0.929. The maximum Gasteiger partial charge on any atom is 0.226 e. The van der Waals surface area contributed by atoms with Gasteiger partial charge in [0.1, 0.15) is 0 Å². The Morgan fingerprint density at radius 1 is 1.35 bits per heavy atom. The highest BCUT2D eigenvalue weighted by molar-refractivity contribution is 5.82. The van der Waals surface area contributed by atoms with E-state index < -0.39 is 0 Å². The van der Waals surface area contributed by atoms with E-state index in [1.165, 1.54) is 32.1 Å². The number of carbonyl (C=O) groups is 1. The highest BCUT2D eigenvalue weighted by Crippen LogP contribution is 2.59. The van der Waals surface area contributed by atoms with Gasteiger partial charge < -0.3 is 10.2 Å². The third kappa shape index (κ3) is 2.10. The van der Waals surface area contributed by atoms with Gasteiger partial charge in [-0.2, -0.15) is 0 Å². The minimum atomic E-state index is 0.356. The molecule has 2 saturated carbocycles. The van der Waals surface area contributed by atoms with Crippen molar-refractivity contribution in [3.63, 3.8) is 0 Å². The van der Waals surface area contributed by atoms with Gasteiger partial charge in [0.2, 0.25) is 5.91 Å². The molecule has 0 bridgehead atoms. The summed E-state index contributed by atoms with van der Waals surface area (Å²) >= 11 is 0. The predicted molar refractivity (Wildman–Crippen MR) is 67.6 cm³/mol. The van der Waals surface area contributed by atoms with Crippen molar-refractivity contribution in [2.45, 2.75) is 38.5 Å². The Hall–Kier alpha value is -0.570. The highest BCUT2D eigenvalue weighted by Gasteiger charge is 2.58.